The van der Waals surface area contributed by atoms with Crippen LogP contribution in [0.4, 0.5) is 5.69 Å². The van der Waals surface area contributed by atoms with Gasteiger partial charge in [-0.15, -0.1) is 0 Å². The lowest BCUT2D eigenvalue weighted by Gasteiger charge is -2.06. The van der Waals surface area contributed by atoms with Gasteiger partial charge in [0.1, 0.15) is 5.69 Å². The Labute approximate surface area is 133 Å². The zero-order valence-electron chi connectivity index (χ0n) is 11.3. The summed E-state index contributed by atoms with van der Waals surface area (Å²) in [6.07, 6.45) is -0.157. The Morgan fingerprint density at radius 1 is 1.48 bits per heavy atom. The molecule has 0 fully saturated rings. The molecule has 0 aliphatic heterocycles. The van der Waals surface area contributed by atoms with Crippen molar-refractivity contribution in [2.45, 2.75) is 20.3 Å². The first-order chi connectivity index (χ1) is 9.81. The highest BCUT2D eigenvalue weighted by Crippen LogP contribution is 2.27. The topological polar surface area (TPSA) is 98.3 Å². The Morgan fingerprint density at radius 3 is 2.71 bits per heavy atom. The van der Waals surface area contributed by atoms with E-state index in [2.05, 4.69) is 5.10 Å². The molecule has 110 valence electrons. The lowest BCUT2D eigenvalue weighted by atomic mass is 10.1. The third kappa shape index (κ3) is 3.04. The molecule has 2 aromatic rings. The maximum Gasteiger partial charge on any atom is 0.307 e. The van der Waals surface area contributed by atoms with Crippen LogP contribution in [0.15, 0.2) is 18.2 Å². The van der Waals surface area contributed by atoms with E-state index >= 15 is 0 Å². The van der Waals surface area contributed by atoms with Crippen molar-refractivity contribution in [3.05, 3.63) is 48.8 Å². The molecule has 1 aromatic carbocycles. The molecular formula is C13H12IN3O4. The number of benzene rings is 1. The molecule has 0 radical (unpaired) electrons. The average molecular weight is 401 g/mol. The number of carboxylic acid groups (broad SMARTS) is 1. The Morgan fingerprint density at radius 2 is 2.14 bits per heavy atom. The van der Waals surface area contributed by atoms with Gasteiger partial charge in [-0.25, -0.2) is 4.68 Å². The number of nitrogens with zero attached hydrogens (tertiary/aromatic N) is 3. The van der Waals surface area contributed by atoms with Gasteiger partial charge < -0.3 is 5.11 Å². The van der Waals surface area contributed by atoms with Gasteiger partial charge in [-0.05, 0) is 48.6 Å². The van der Waals surface area contributed by atoms with Gasteiger partial charge >= 0.3 is 5.97 Å². The number of hydrogen-bond donors (Lipinski definition) is 1. The van der Waals surface area contributed by atoms with Crippen molar-refractivity contribution in [1.29, 1.82) is 0 Å². The van der Waals surface area contributed by atoms with Crippen LogP contribution in [0.1, 0.15) is 17.0 Å². The number of hydrogen-bond acceptors (Lipinski definition) is 4. The highest BCUT2D eigenvalue weighted by Gasteiger charge is 2.21. The minimum absolute atomic E-state index is 0.0608. The number of nitro benzene ring substituents is 1. The van der Waals surface area contributed by atoms with E-state index in [1.807, 2.05) is 22.6 Å². The first-order valence-electron chi connectivity index (χ1n) is 6.02. The zero-order valence-corrected chi connectivity index (χ0v) is 13.5. The van der Waals surface area contributed by atoms with Crippen molar-refractivity contribution >= 4 is 34.2 Å². The smallest absolute Gasteiger partial charge is 0.307 e. The SMILES string of the molecule is Cc1nn(-c2ccc(I)cc2[N+](=O)[O-])c(C)c1CC(=O)O. The van der Waals surface area contributed by atoms with E-state index in [1.165, 1.54) is 10.7 Å². The predicted molar refractivity (Wildman–Crippen MR) is 83.7 cm³/mol. The minimum Gasteiger partial charge on any atom is -0.481 e. The molecule has 0 amide bonds. The monoisotopic (exact) mass is 401 g/mol. The molecule has 0 bridgehead atoms. The van der Waals surface area contributed by atoms with Crippen LogP contribution in [0, 0.1) is 27.5 Å². The fourth-order valence-corrected chi connectivity index (χ4v) is 2.61. The quantitative estimate of drug-likeness (QED) is 0.483. The minimum atomic E-state index is -0.960. The van der Waals surface area contributed by atoms with E-state index in [9.17, 15) is 14.9 Å². The maximum absolute atomic E-state index is 11.2. The van der Waals surface area contributed by atoms with Crippen molar-refractivity contribution in [1.82, 2.24) is 9.78 Å². The van der Waals surface area contributed by atoms with Crippen molar-refractivity contribution in [3.8, 4) is 5.69 Å². The van der Waals surface area contributed by atoms with Crippen LogP contribution in [0.2, 0.25) is 0 Å². The zero-order chi connectivity index (χ0) is 15.7. The van der Waals surface area contributed by atoms with Crippen LogP contribution in [-0.2, 0) is 11.2 Å². The van der Waals surface area contributed by atoms with E-state index in [0.717, 1.165) is 3.57 Å². The van der Waals surface area contributed by atoms with Gasteiger partial charge in [0.05, 0.1) is 17.0 Å². The van der Waals surface area contributed by atoms with Crippen LogP contribution in [-0.4, -0.2) is 25.8 Å². The van der Waals surface area contributed by atoms with E-state index in [1.54, 1.807) is 26.0 Å². The summed E-state index contributed by atoms with van der Waals surface area (Å²) in [5, 5.41) is 24.4. The van der Waals surface area contributed by atoms with Gasteiger partial charge in [-0.1, -0.05) is 0 Å². The second-order valence-corrected chi connectivity index (χ2v) is 5.77. The Bertz CT molecular complexity index is 739. The van der Waals surface area contributed by atoms with Crippen molar-refractivity contribution < 1.29 is 14.8 Å². The second-order valence-electron chi connectivity index (χ2n) is 4.52. The molecule has 2 rings (SSSR count). The number of aryl methyl sites for hydroxylation is 1. The number of aromatic nitrogens is 2. The van der Waals surface area contributed by atoms with E-state index in [0.29, 0.717) is 22.6 Å². The Hall–Kier alpha value is -1.97. The predicted octanol–water partition coefficient (Wildman–Crippen LogP) is 2.63. The van der Waals surface area contributed by atoms with Gasteiger partial charge in [0.2, 0.25) is 0 Å². The number of nitro groups is 1. The highest BCUT2D eigenvalue weighted by atomic mass is 127. The van der Waals surface area contributed by atoms with Crippen molar-refractivity contribution in [2.75, 3.05) is 0 Å². The van der Waals surface area contributed by atoms with Crippen LogP contribution in [0.3, 0.4) is 0 Å². The van der Waals surface area contributed by atoms with Crippen molar-refractivity contribution in [2.24, 2.45) is 0 Å². The summed E-state index contributed by atoms with van der Waals surface area (Å²) >= 11 is 2.00. The standard InChI is InChI=1S/C13H12IN3O4/c1-7-10(6-13(18)19)8(2)16(15-7)11-4-3-9(14)5-12(11)17(20)21/h3-5H,6H2,1-2H3,(H,18,19). The summed E-state index contributed by atoms with van der Waals surface area (Å²) < 4.78 is 2.18. The summed E-state index contributed by atoms with van der Waals surface area (Å²) in [6.45, 7) is 3.40. The molecule has 0 aliphatic rings. The van der Waals surface area contributed by atoms with Gasteiger partial charge in [0, 0.05) is 20.9 Å². The molecule has 0 unspecified atom stereocenters. The Balaban J connectivity index is 2.63. The molecule has 0 spiro atoms. The van der Waals surface area contributed by atoms with Gasteiger partial charge in [-0.2, -0.15) is 5.10 Å². The van der Waals surface area contributed by atoms with Crippen LogP contribution < -0.4 is 0 Å². The van der Waals surface area contributed by atoms with Crippen LogP contribution in [0.5, 0.6) is 0 Å². The van der Waals surface area contributed by atoms with E-state index in [4.69, 9.17) is 5.11 Å². The maximum atomic E-state index is 11.2. The molecule has 0 saturated carbocycles. The third-order valence-corrected chi connectivity index (χ3v) is 3.80. The van der Waals surface area contributed by atoms with E-state index in [-0.39, 0.29) is 12.1 Å². The van der Waals surface area contributed by atoms with Crippen molar-refractivity contribution in [3.63, 3.8) is 0 Å². The summed E-state index contributed by atoms with van der Waals surface area (Å²) in [6, 6.07) is 4.82. The number of carbonyl (C=O) groups is 1. The summed E-state index contributed by atoms with van der Waals surface area (Å²) in [4.78, 5) is 21.6. The molecule has 1 aromatic heterocycles. The molecule has 0 aliphatic carbocycles. The molecular weight excluding hydrogens is 389 g/mol. The van der Waals surface area contributed by atoms with Crippen LogP contribution in [0.25, 0.3) is 5.69 Å². The largest absolute Gasteiger partial charge is 0.481 e. The van der Waals surface area contributed by atoms with Crippen LogP contribution >= 0.6 is 22.6 Å². The lowest BCUT2D eigenvalue weighted by Crippen LogP contribution is -2.05. The fourth-order valence-electron chi connectivity index (χ4n) is 2.14. The lowest BCUT2D eigenvalue weighted by molar-refractivity contribution is -0.384. The van der Waals surface area contributed by atoms with Gasteiger partial charge in [0.15, 0.2) is 0 Å². The number of aliphatic carboxylic acids is 1. The molecule has 21 heavy (non-hydrogen) atoms. The fraction of sp³-hybridized carbons (Fsp3) is 0.231. The highest BCUT2D eigenvalue weighted by molar-refractivity contribution is 14.1. The first kappa shape index (κ1) is 15.4. The first-order valence-corrected chi connectivity index (χ1v) is 7.10. The Kier molecular flexibility index (Phi) is 4.26. The normalized spacial score (nSPS) is 10.6. The van der Waals surface area contributed by atoms with Gasteiger partial charge in [0.25, 0.3) is 5.69 Å². The van der Waals surface area contributed by atoms with E-state index < -0.39 is 10.9 Å². The molecule has 7 nitrogen and oxygen atoms in total. The summed E-state index contributed by atoms with van der Waals surface area (Å²) in [5.74, 6) is -0.960. The molecule has 0 atom stereocenters. The average Bonchev–Trinajstić information content (AvgIpc) is 2.66. The van der Waals surface area contributed by atoms with Gasteiger partial charge in [-0.3, -0.25) is 14.9 Å². The molecule has 1 N–H and O–H groups in total. The number of rotatable bonds is 4. The number of halogens is 1. The summed E-state index contributed by atoms with van der Waals surface area (Å²) in [7, 11) is 0. The number of carboxylic acids is 1. The molecule has 0 saturated heterocycles. The molecule has 1 heterocycles. The summed E-state index contributed by atoms with van der Waals surface area (Å²) in [5.41, 5.74) is 2.00. The molecule has 8 heteroatoms. The second kappa shape index (κ2) is 5.80. The third-order valence-electron chi connectivity index (χ3n) is 3.13.